The highest BCUT2D eigenvalue weighted by Gasteiger charge is 2.21. The Bertz CT molecular complexity index is 674. The summed E-state index contributed by atoms with van der Waals surface area (Å²) in [7, 11) is 2.11. The minimum atomic E-state index is 0.0154. The third kappa shape index (κ3) is 2.81. The molecule has 1 saturated heterocycles. The lowest BCUT2D eigenvalue weighted by Crippen LogP contribution is -2.46. The van der Waals surface area contributed by atoms with Gasteiger partial charge >= 0.3 is 0 Å². The Morgan fingerprint density at radius 3 is 2.95 bits per heavy atom. The summed E-state index contributed by atoms with van der Waals surface area (Å²) >= 11 is 0. The zero-order valence-electron chi connectivity index (χ0n) is 13.0. The third-order valence-corrected chi connectivity index (χ3v) is 4.40. The molecule has 1 amide bonds. The number of nitrogens with zero attached hydrogens (tertiary/aromatic N) is 1. The first-order valence-electron chi connectivity index (χ1n) is 7.63. The van der Waals surface area contributed by atoms with Gasteiger partial charge in [0.15, 0.2) is 0 Å². The maximum atomic E-state index is 12.5. The Kier molecular flexibility index (Phi) is 3.72. The molecule has 0 radical (unpaired) electrons. The number of aromatic amines is 1. The number of amides is 1. The van der Waals surface area contributed by atoms with Crippen molar-refractivity contribution in [2.24, 2.45) is 0 Å². The Morgan fingerprint density at radius 2 is 2.19 bits per heavy atom. The van der Waals surface area contributed by atoms with E-state index in [1.165, 1.54) is 5.56 Å². The van der Waals surface area contributed by atoms with Crippen LogP contribution >= 0.6 is 0 Å². The Hall–Kier alpha value is -1.81. The number of nitrogens with one attached hydrogen (secondary N) is 2. The molecular weight excluding hydrogens is 262 g/mol. The summed E-state index contributed by atoms with van der Waals surface area (Å²) in [6.07, 6.45) is 2.21. The lowest BCUT2D eigenvalue weighted by molar-refractivity contribution is 0.0907. The number of fused-ring (bicyclic) bond motifs is 1. The second-order valence-electron chi connectivity index (χ2n) is 6.25. The molecule has 0 bridgehead atoms. The first kappa shape index (κ1) is 14.1. The van der Waals surface area contributed by atoms with E-state index in [9.17, 15) is 4.79 Å². The van der Waals surface area contributed by atoms with E-state index >= 15 is 0 Å². The van der Waals surface area contributed by atoms with E-state index < -0.39 is 0 Å². The topological polar surface area (TPSA) is 48.1 Å². The van der Waals surface area contributed by atoms with Crippen molar-refractivity contribution in [3.63, 3.8) is 0 Å². The number of carbonyl (C=O) groups excluding carboxylic acids is 1. The molecule has 2 aromatic rings. The van der Waals surface area contributed by atoms with Gasteiger partial charge in [0.25, 0.3) is 5.91 Å². The van der Waals surface area contributed by atoms with Gasteiger partial charge in [0.2, 0.25) is 0 Å². The molecule has 4 nitrogen and oxygen atoms in total. The van der Waals surface area contributed by atoms with Gasteiger partial charge in [0, 0.05) is 23.5 Å². The molecule has 1 unspecified atom stereocenters. The van der Waals surface area contributed by atoms with Crippen molar-refractivity contribution in [1.82, 2.24) is 15.2 Å². The fourth-order valence-electron chi connectivity index (χ4n) is 3.21. The largest absolute Gasteiger partial charge is 0.350 e. The Morgan fingerprint density at radius 1 is 1.38 bits per heavy atom. The first-order chi connectivity index (χ1) is 10.0. The number of piperidine rings is 1. The highest BCUT2D eigenvalue weighted by molar-refractivity contribution is 6.01. The maximum Gasteiger partial charge on any atom is 0.268 e. The molecule has 2 N–H and O–H groups in total. The fourth-order valence-corrected chi connectivity index (χ4v) is 3.21. The van der Waals surface area contributed by atoms with E-state index in [-0.39, 0.29) is 11.9 Å². The second kappa shape index (κ2) is 5.53. The van der Waals surface area contributed by atoms with Crippen LogP contribution in [0.2, 0.25) is 0 Å². The van der Waals surface area contributed by atoms with Crippen molar-refractivity contribution >= 4 is 16.8 Å². The highest BCUT2D eigenvalue weighted by atomic mass is 16.2. The quantitative estimate of drug-likeness (QED) is 0.891. The predicted octanol–water partition coefficient (Wildman–Crippen LogP) is 2.61. The van der Waals surface area contributed by atoms with E-state index in [1.54, 1.807) is 0 Å². The van der Waals surface area contributed by atoms with Crippen molar-refractivity contribution in [3.05, 3.63) is 35.0 Å². The summed E-state index contributed by atoms with van der Waals surface area (Å²) in [4.78, 5) is 18.1. The number of carbonyl (C=O) groups is 1. The Balaban J connectivity index is 1.82. The second-order valence-corrected chi connectivity index (χ2v) is 6.25. The average Bonchev–Trinajstić information content (AvgIpc) is 2.76. The number of likely N-dealkylation sites (tertiary alicyclic amines) is 1. The molecule has 0 aliphatic carbocycles. The molecule has 21 heavy (non-hydrogen) atoms. The first-order valence-corrected chi connectivity index (χ1v) is 7.63. The van der Waals surface area contributed by atoms with Crippen molar-refractivity contribution in [3.8, 4) is 0 Å². The summed E-state index contributed by atoms with van der Waals surface area (Å²) in [5, 5.41) is 4.31. The van der Waals surface area contributed by atoms with Gasteiger partial charge < -0.3 is 15.2 Å². The fraction of sp³-hybridized carbons (Fsp3) is 0.471. The lowest BCUT2D eigenvalue weighted by atomic mass is 10.1. The average molecular weight is 285 g/mol. The number of hydrogen-bond donors (Lipinski definition) is 2. The minimum absolute atomic E-state index is 0.0154. The van der Waals surface area contributed by atoms with Crippen molar-refractivity contribution in [2.75, 3.05) is 20.1 Å². The van der Waals surface area contributed by atoms with E-state index in [2.05, 4.69) is 41.3 Å². The van der Waals surface area contributed by atoms with E-state index in [1.807, 2.05) is 13.0 Å². The molecular formula is C17H23N3O. The number of hydrogen-bond acceptors (Lipinski definition) is 2. The van der Waals surface area contributed by atoms with Crippen LogP contribution in [-0.2, 0) is 0 Å². The molecule has 1 aliphatic rings. The molecule has 4 heteroatoms. The summed E-state index contributed by atoms with van der Waals surface area (Å²) in [6, 6.07) is 6.49. The third-order valence-electron chi connectivity index (χ3n) is 4.40. The van der Waals surface area contributed by atoms with Crippen LogP contribution in [0.4, 0.5) is 0 Å². The van der Waals surface area contributed by atoms with Gasteiger partial charge in [-0.3, -0.25) is 4.79 Å². The molecule has 1 aromatic heterocycles. The highest BCUT2D eigenvalue weighted by Crippen LogP contribution is 2.23. The van der Waals surface area contributed by atoms with Gasteiger partial charge in [-0.15, -0.1) is 0 Å². The SMILES string of the molecule is Cc1ccc2[nH]c(C(=O)NC3CCCN(C)C3)c(C)c2c1. The van der Waals surface area contributed by atoms with Gasteiger partial charge in [0.05, 0.1) is 0 Å². The zero-order chi connectivity index (χ0) is 15.0. The van der Waals surface area contributed by atoms with Crippen LogP contribution in [-0.4, -0.2) is 42.0 Å². The van der Waals surface area contributed by atoms with Crippen molar-refractivity contribution < 1.29 is 4.79 Å². The molecule has 0 saturated carbocycles. The number of rotatable bonds is 2. The lowest BCUT2D eigenvalue weighted by Gasteiger charge is -2.30. The summed E-state index contributed by atoms with van der Waals surface area (Å²) in [6.45, 7) is 6.14. The normalized spacial score (nSPS) is 19.9. The number of aromatic nitrogens is 1. The molecule has 1 atom stereocenters. The minimum Gasteiger partial charge on any atom is -0.350 e. The monoisotopic (exact) mass is 285 g/mol. The number of H-pyrrole nitrogens is 1. The van der Waals surface area contributed by atoms with E-state index in [4.69, 9.17) is 0 Å². The number of likely N-dealkylation sites (N-methyl/N-ethyl adjacent to an activating group) is 1. The molecule has 1 aliphatic heterocycles. The maximum absolute atomic E-state index is 12.5. The molecule has 112 valence electrons. The van der Waals surface area contributed by atoms with Crippen LogP contribution in [0.3, 0.4) is 0 Å². The smallest absolute Gasteiger partial charge is 0.268 e. The van der Waals surface area contributed by atoms with Gasteiger partial charge in [0.1, 0.15) is 5.69 Å². The van der Waals surface area contributed by atoms with Gasteiger partial charge in [-0.2, -0.15) is 0 Å². The van der Waals surface area contributed by atoms with Crippen molar-refractivity contribution in [1.29, 1.82) is 0 Å². The molecule has 2 heterocycles. The van der Waals surface area contributed by atoms with Crippen LogP contribution in [0.25, 0.3) is 10.9 Å². The molecule has 0 spiro atoms. The Labute approximate surface area is 125 Å². The summed E-state index contributed by atoms with van der Waals surface area (Å²) in [5.74, 6) is 0.0154. The van der Waals surface area contributed by atoms with Crippen LogP contribution in [0.5, 0.6) is 0 Å². The molecule has 1 aromatic carbocycles. The van der Waals surface area contributed by atoms with Gasteiger partial charge in [-0.05, 0) is 58.0 Å². The van der Waals surface area contributed by atoms with Crippen LogP contribution in [0, 0.1) is 13.8 Å². The van der Waals surface area contributed by atoms with Crippen LogP contribution < -0.4 is 5.32 Å². The standard InChI is InChI=1S/C17H23N3O/c1-11-6-7-15-14(9-11)12(2)16(19-15)17(21)18-13-5-4-8-20(3)10-13/h6-7,9,13,19H,4-5,8,10H2,1-3H3,(H,18,21). The molecule has 1 fully saturated rings. The van der Waals surface area contributed by atoms with Gasteiger partial charge in [-0.25, -0.2) is 0 Å². The number of benzene rings is 1. The summed E-state index contributed by atoms with van der Waals surface area (Å²) in [5.41, 5.74) is 3.98. The van der Waals surface area contributed by atoms with E-state index in [0.717, 1.165) is 42.4 Å². The predicted molar refractivity (Wildman–Crippen MR) is 85.8 cm³/mol. The number of aryl methyl sites for hydroxylation is 2. The van der Waals surface area contributed by atoms with Crippen LogP contribution in [0.1, 0.15) is 34.5 Å². The summed E-state index contributed by atoms with van der Waals surface area (Å²) < 4.78 is 0. The van der Waals surface area contributed by atoms with Crippen molar-refractivity contribution in [2.45, 2.75) is 32.7 Å². The van der Waals surface area contributed by atoms with Gasteiger partial charge in [-0.1, -0.05) is 11.6 Å². The van der Waals surface area contributed by atoms with Crippen LogP contribution in [0.15, 0.2) is 18.2 Å². The molecule has 3 rings (SSSR count). The zero-order valence-corrected chi connectivity index (χ0v) is 13.0. The van der Waals surface area contributed by atoms with E-state index in [0.29, 0.717) is 5.69 Å².